The van der Waals surface area contributed by atoms with Gasteiger partial charge in [0.1, 0.15) is 17.5 Å². The zero-order valence-corrected chi connectivity index (χ0v) is 22.9. The minimum absolute atomic E-state index is 0.0390. The third kappa shape index (κ3) is 4.56. The fraction of sp³-hybridized carbons (Fsp3) is 0.250. The molecule has 3 atom stereocenters. The van der Waals surface area contributed by atoms with Crippen molar-refractivity contribution in [3.63, 3.8) is 0 Å². The minimum Gasteiger partial charge on any atom is -0.310 e. The maximum absolute atomic E-state index is 14.0. The van der Waals surface area contributed by atoms with Crippen molar-refractivity contribution in [1.82, 2.24) is 9.97 Å². The minimum atomic E-state index is -0.687. The highest BCUT2D eigenvalue weighted by Crippen LogP contribution is 2.46. The van der Waals surface area contributed by atoms with Crippen molar-refractivity contribution in [2.75, 3.05) is 5.32 Å². The molecule has 1 aliphatic heterocycles. The van der Waals surface area contributed by atoms with E-state index < -0.39 is 28.9 Å². The van der Waals surface area contributed by atoms with Crippen molar-refractivity contribution < 1.29 is 18.4 Å². The molecular formula is C32H27F2N3O2S. The maximum Gasteiger partial charge on any atom is 0.237 e. The first-order valence-electron chi connectivity index (χ1n) is 13.2. The Morgan fingerprint density at radius 1 is 1.15 bits per heavy atom. The molecular weight excluding hydrogens is 528 g/mol. The zero-order chi connectivity index (χ0) is 28.0. The molecule has 202 valence electrons. The van der Waals surface area contributed by atoms with E-state index in [1.54, 1.807) is 12.4 Å². The molecule has 4 heterocycles. The van der Waals surface area contributed by atoms with Crippen LogP contribution >= 0.6 is 11.3 Å². The lowest BCUT2D eigenvalue weighted by molar-refractivity contribution is -0.120. The van der Waals surface area contributed by atoms with Crippen LogP contribution in [-0.2, 0) is 23.1 Å². The fourth-order valence-corrected chi connectivity index (χ4v) is 6.91. The third-order valence-corrected chi connectivity index (χ3v) is 9.20. The number of halogens is 2. The molecule has 0 saturated heterocycles. The molecule has 3 aromatic heterocycles. The first kappa shape index (κ1) is 26.2. The van der Waals surface area contributed by atoms with Crippen molar-refractivity contribution in [1.29, 1.82) is 0 Å². The molecule has 2 aliphatic rings. The van der Waals surface area contributed by atoms with Crippen LogP contribution in [0.1, 0.15) is 62.4 Å². The Kier molecular flexibility index (Phi) is 6.66. The highest BCUT2D eigenvalue weighted by atomic mass is 32.1. The molecule has 0 saturated carbocycles. The molecule has 0 bridgehead atoms. The standard InChI is InChI=1S/C32H27F2N3O2S/c1-18-8-10-40-29(18)28(38)25(19(2)21-12-23(33)14-24(34)13-21)6-3-5-20-11-22-15-32(16-27(22)36-17-20)26-7-4-9-35-30(26)37-31(32)39/h3-5,7-14,17,19,25H,6,15-16H2,1-2H3,(H,35,37,39)/b5-3+/t19-,25?,32+/m1/s1. The second-order valence-electron chi connectivity index (χ2n) is 10.7. The number of benzene rings is 1. The first-order chi connectivity index (χ1) is 19.2. The first-order valence-corrected chi connectivity index (χ1v) is 14.1. The van der Waals surface area contributed by atoms with Crippen LogP contribution in [0.2, 0.25) is 0 Å². The number of nitrogens with zero attached hydrogens (tertiary/aromatic N) is 2. The zero-order valence-electron chi connectivity index (χ0n) is 22.1. The number of thiophene rings is 1. The molecule has 6 rings (SSSR count). The lowest BCUT2D eigenvalue weighted by Gasteiger charge is -2.22. The number of carbonyl (C=O) groups excluding carboxylic acids is 2. The Morgan fingerprint density at radius 3 is 2.70 bits per heavy atom. The van der Waals surface area contributed by atoms with Gasteiger partial charge in [-0.15, -0.1) is 11.3 Å². The number of fused-ring (bicyclic) bond motifs is 3. The SMILES string of the molecule is Cc1ccsc1C(=O)C(C/C=C/c1cnc2c(c1)C[C@@]1(C2)C(=O)Nc2ncccc21)[C@H](C)c1cc(F)cc(F)c1. The third-order valence-electron chi connectivity index (χ3n) is 8.17. The van der Waals surface area contributed by atoms with E-state index in [4.69, 9.17) is 0 Å². The largest absolute Gasteiger partial charge is 0.310 e. The number of ketones is 1. The molecule has 4 aromatic rings. The van der Waals surface area contributed by atoms with Gasteiger partial charge in [-0.3, -0.25) is 14.6 Å². The smallest absolute Gasteiger partial charge is 0.237 e. The van der Waals surface area contributed by atoms with Gasteiger partial charge in [0.25, 0.3) is 0 Å². The topological polar surface area (TPSA) is 72.0 Å². The Hall–Kier alpha value is -4.04. The summed E-state index contributed by atoms with van der Waals surface area (Å²) >= 11 is 1.38. The molecule has 1 spiro atoms. The van der Waals surface area contributed by atoms with E-state index in [9.17, 15) is 18.4 Å². The highest BCUT2D eigenvalue weighted by molar-refractivity contribution is 7.12. The molecule has 8 heteroatoms. The second kappa shape index (κ2) is 10.2. The van der Waals surface area contributed by atoms with Gasteiger partial charge >= 0.3 is 0 Å². The number of aromatic nitrogens is 2. The number of aryl methyl sites for hydroxylation is 1. The number of carbonyl (C=O) groups is 2. The second-order valence-corrected chi connectivity index (χ2v) is 11.6. The van der Waals surface area contributed by atoms with Crippen molar-refractivity contribution in [3.05, 3.63) is 116 Å². The number of hydrogen-bond acceptors (Lipinski definition) is 5. The Balaban J connectivity index is 1.25. The summed E-state index contributed by atoms with van der Waals surface area (Å²) in [5, 5.41) is 4.79. The van der Waals surface area contributed by atoms with Gasteiger partial charge in [0.15, 0.2) is 5.78 Å². The number of Topliss-reactive ketones (excluding diaryl/α,β-unsaturated/α-hetero) is 1. The molecule has 0 radical (unpaired) electrons. The number of hydrogen-bond donors (Lipinski definition) is 1. The lowest BCUT2D eigenvalue weighted by Crippen LogP contribution is -2.35. The molecule has 1 amide bonds. The average molecular weight is 556 g/mol. The molecule has 5 nitrogen and oxygen atoms in total. The average Bonchev–Trinajstić information content (AvgIpc) is 3.60. The van der Waals surface area contributed by atoms with Crippen molar-refractivity contribution in [2.45, 2.75) is 44.4 Å². The van der Waals surface area contributed by atoms with E-state index >= 15 is 0 Å². The van der Waals surface area contributed by atoms with Crippen LogP contribution in [0, 0.1) is 24.5 Å². The Bertz CT molecular complexity index is 1660. The summed E-state index contributed by atoms with van der Waals surface area (Å²) in [5.74, 6) is -1.71. The number of anilines is 1. The van der Waals surface area contributed by atoms with Crippen LogP contribution < -0.4 is 5.32 Å². The summed E-state index contributed by atoms with van der Waals surface area (Å²) in [6, 6.07) is 11.2. The van der Waals surface area contributed by atoms with Gasteiger partial charge in [-0.2, -0.15) is 0 Å². The predicted octanol–water partition coefficient (Wildman–Crippen LogP) is 6.82. The quantitative estimate of drug-likeness (QED) is 0.254. The van der Waals surface area contributed by atoms with Crippen molar-refractivity contribution in [3.8, 4) is 0 Å². The summed E-state index contributed by atoms with van der Waals surface area (Å²) in [6.45, 7) is 3.73. The monoisotopic (exact) mass is 555 g/mol. The van der Waals surface area contributed by atoms with E-state index in [1.807, 2.05) is 55.6 Å². The van der Waals surface area contributed by atoms with Gasteiger partial charge in [-0.05, 0) is 83.6 Å². The molecule has 1 unspecified atom stereocenters. The van der Waals surface area contributed by atoms with Gasteiger partial charge in [0, 0.05) is 42.1 Å². The highest BCUT2D eigenvalue weighted by Gasteiger charge is 2.51. The van der Waals surface area contributed by atoms with Crippen LogP contribution in [0.4, 0.5) is 14.6 Å². The van der Waals surface area contributed by atoms with Crippen LogP contribution in [-0.4, -0.2) is 21.7 Å². The molecule has 40 heavy (non-hydrogen) atoms. The van der Waals surface area contributed by atoms with Gasteiger partial charge < -0.3 is 5.32 Å². The van der Waals surface area contributed by atoms with Crippen LogP contribution in [0.15, 0.2) is 66.3 Å². The summed E-state index contributed by atoms with van der Waals surface area (Å²) in [4.78, 5) is 36.3. The van der Waals surface area contributed by atoms with E-state index in [1.165, 1.54) is 23.5 Å². The normalized spacial score (nSPS) is 19.1. The van der Waals surface area contributed by atoms with Crippen molar-refractivity contribution >= 4 is 34.9 Å². The molecule has 1 aromatic carbocycles. The number of amides is 1. The fourth-order valence-electron chi connectivity index (χ4n) is 5.98. The van der Waals surface area contributed by atoms with Gasteiger partial charge in [0.2, 0.25) is 5.91 Å². The summed E-state index contributed by atoms with van der Waals surface area (Å²) < 4.78 is 28.0. The lowest BCUT2D eigenvalue weighted by atomic mass is 9.80. The molecule has 0 fully saturated rings. The van der Waals surface area contributed by atoms with Crippen LogP contribution in [0.3, 0.4) is 0 Å². The van der Waals surface area contributed by atoms with Gasteiger partial charge in [-0.25, -0.2) is 13.8 Å². The maximum atomic E-state index is 14.0. The summed E-state index contributed by atoms with van der Waals surface area (Å²) in [7, 11) is 0. The van der Waals surface area contributed by atoms with E-state index in [-0.39, 0.29) is 11.7 Å². The van der Waals surface area contributed by atoms with Gasteiger partial charge in [-0.1, -0.05) is 25.1 Å². The number of allylic oxidation sites excluding steroid dienone is 1. The Labute approximate surface area is 235 Å². The number of pyridine rings is 2. The molecule has 1 aliphatic carbocycles. The number of nitrogens with one attached hydrogen (secondary N) is 1. The Morgan fingerprint density at radius 2 is 1.95 bits per heavy atom. The van der Waals surface area contributed by atoms with E-state index in [2.05, 4.69) is 15.3 Å². The van der Waals surface area contributed by atoms with Crippen molar-refractivity contribution in [2.24, 2.45) is 5.92 Å². The predicted molar refractivity (Wildman–Crippen MR) is 151 cm³/mol. The molecule has 1 N–H and O–H groups in total. The number of rotatable bonds is 7. The van der Waals surface area contributed by atoms with Crippen LogP contribution in [0.5, 0.6) is 0 Å². The van der Waals surface area contributed by atoms with E-state index in [0.717, 1.165) is 34.0 Å². The van der Waals surface area contributed by atoms with E-state index in [0.29, 0.717) is 35.5 Å². The van der Waals surface area contributed by atoms with Crippen LogP contribution in [0.25, 0.3) is 6.08 Å². The summed E-state index contributed by atoms with van der Waals surface area (Å²) in [5.41, 5.74) is 4.34. The summed E-state index contributed by atoms with van der Waals surface area (Å²) in [6.07, 6.45) is 8.74. The van der Waals surface area contributed by atoms with Gasteiger partial charge in [0.05, 0.1) is 10.3 Å².